The predicted molar refractivity (Wildman–Crippen MR) is 116 cm³/mol. The topological polar surface area (TPSA) is 72.9 Å². The third kappa shape index (κ3) is 5.73. The Kier molecular flexibility index (Phi) is 7.30. The minimum absolute atomic E-state index is 0.254. The van der Waals surface area contributed by atoms with E-state index in [9.17, 15) is 14.4 Å². The first-order valence-corrected chi connectivity index (χ1v) is 10.5. The molecular formula is C23H23NO5S. The van der Waals surface area contributed by atoms with Crippen molar-refractivity contribution in [2.45, 2.75) is 33.0 Å². The highest BCUT2D eigenvalue weighted by molar-refractivity contribution is 8.18. The van der Waals surface area contributed by atoms with Gasteiger partial charge in [0.25, 0.3) is 11.1 Å². The van der Waals surface area contributed by atoms with E-state index in [-0.39, 0.29) is 17.6 Å². The number of hydrogen-bond acceptors (Lipinski definition) is 6. The lowest BCUT2D eigenvalue weighted by atomic mass is 10.2. The van der Waals surface area contributed by atoms with E-state index in [0.717, 1.165) is 27.8 Å². The minimum Gasteiger partial charge on any atom is -0.489 e. The first-order valence-electron chi connectivity index (χ1n) is 9.68. The molecule has 7 heteroatoms. The van der Waals surface area contributed by atoms with Gasteiger partial charge in [-0.05, 0) is 54.4 Å². The van der Waals surface area contributed by atoms with E-state index in [0.29, 0.717) is 18.8 Å². The molecule has 0 spiro atoms. The number of hydrogen-bond donors (Lipinski definition) is 0. The van der Waals surface area contributed by atoms with Gasteiger partial charge in [0, 0.05) is 0 Å². The fourth-order valence-electron chi connectivity index (χ4n) is 2.66. The highest BCUT2D eigenvalue weighted by Crippen LogP contribution is 2.32. The lowest BCUT2D eigenvalue weighted by Gasteiger charge is -2.14. The predicted octanol–water partition coefficient (Wildman–Crippen LogP) is 4.64. The fraction of sp³-hybridized carbons (Fsp3) is 0.261. The quantitative estimate of drug-likeness (QED) is 0.453. The monoisotopic (exact) mass is 425 g/mol. The number of nitrogens with zero attached hydrogens (tertiary/aromatic N) is 1. The molecule has 0 radical (unpaired) electrons. The van der Waals surface area contributed by atoms with E-state index < -0.39 is 17.1 Å². The van der Waals surface area contributed by atoms with Crippen molar-refractivity contribution in [2.24, 2.45) is 0 Å². The molecule has 0 aliphatic carbocycles. The van der Waals surface area contributed by atoms with Gasteiger partial charge >= 0.3 is 5.97 Å². The van der Waals surface area contributed by atoms with Crippen molar-refractivity contribution in [3.8, 4) is 5.75 Å². The molecule has 2 aromatic rings. The van der Waals surface area contributed by atoms with Crippen LogP contribution in [0.25, 0.3) is 6.08 Å². The van der Waals surface area contributed by atoms with Gasteiger partial charge in [0.15, 0.2) is 0 Å². The van der Waals surface area contributed by atoms with Gasteiger partial charge < -0.3 is 9.47 Å². The van der Waals surface area contributed by atoms with Gasteiger partial charge in [0.2, 0.25) is 0 Å². The maximum absolute atomic E-state index is 12.5. The largest absolute Gasteiger partial charge is 0.489 e. The molecule has 0 aromatic heterocycles. The molecule has 0 unspecified atom stereocenters. The number of esters is 1. The number of ether oxygens (including phenoxy) is 2. The van der Waals surface area contributed by atoms with E-state index in [2.05, 4.69) is 0 Å². The highest BCUT2D eigenvalue weighted by atomic mass is 32.2. The van der Waals surface area contributed by atoms with Gasteiger partial charge in [-0.15, -0.1) is 0 Å². The zero-order valence-corrected chi connectivity index (χ0v) is 17.7. The smallest absolute Gasteiger partial charge is 0.326 e. The summed E-state index contributed by atoms with van der Waals surface area (Å²) in [6, 6.07) is 17.1. The van der Waals surface area contributed by atoms with Crippen molar-refractivity contribution in [1.82, 2.24) is 4.90 Å². The van der Waals surface area contributed by atoms with E-state index in [1.165, 1.54) is 0 Å². The molecular weight excluding hydrogens is 402 g/mol. The van der Waals surface area contributed by atoms with Crippen LogP contribution in [0.4, 0.5) is 4.79 Å². The summed E-state index contributed by atoms with van der Waals surface area (Å²) < 4.78 is 10.9. The van der Waals surface area contributed by atoms with Gasteiger partial charge in [0.1, 0.15) is 18.9 Å². The summed E-state index contributed by atoms with van der Waals surface area (Å²) in [5.41, 5.74) is 1.83. The second-order valence-electron chi connectivity index (χ2n) is 6.82. The third-order valence-electron chi connectivity index (χ3n) is 4.49. The summed E-state index contributed by atoms with van der Waals surface area (Å²) in [5, 5.41) is -0.477. The number of rotatable bonds is 8. The Morgan fingerprint density at radius 3 is 2.47 bits per heavy atom. The normalized spacial score (nSPS) is 16.1. The van der Waals surface area contributed by atoms with Crippen LogP contribution >= 0.6 is 11.8 Å². The van der Waals surface area contributed by atoms with Crippen molar-refractivity contribution >= 4 is 35.0 Å². The summed E-state index contributed by atoms with van der Waals surface area (Å²) >= 11 is 0.815. The molecule has 156 valence electrons. The van der Waals surface area contributed by atoms with Gasteiger partial charge in [-0.3, -0.25) is 19.3 Å². The Balaban J connectivity index is 1.60. The van der Waals surface area contributed by atoms with Crippen LogP contribution < -0.4 is 4.74 Å². The molecule has 1 aliphatic rings. The van der Waals surface area contributed by atoms with E-state index >= 15 is 0 Å². The van der Waals surface area contributed by atoms with Crippen LogP contribution in [0.3, 0.4) is 0 Å². The Hall–Kier alpha value is -3.06. The molecule has 6 nitrogen and oxygen atoms in total. The third-order valence-corrected chi connectivity index (χ3v) is 5.40. The van der Waals surface area contributed by atoms with E-state index in [1.807, 2.05) is 61.5 Å². The average Bonchev–Trinajstić information content (AvgIpc) is 3.01. The van der Waals surface area contributed by atoms with Gasteiger partial charge in [0.05, 0.1) is 11.0 Å². The summed E-state index contributed by atoms with van der Waals surface area (Å²) in [4.78, 5) is 37.8. The van der Waals surface area contributed by atoms with Crippen molar-refractivity contribution in [2.75, 3.05) is 6.54 Å². The first-order chi connectivity index (χ1) is 14.5. The summed E-state index contributed by atoms with van der Waals surface area (Å²) in [6.07, 6.45) is 2.04. The SMILES string of the molecule is CC[C@H](C)OC(=O)CN1C(=O)S/C(=C/c2ccc(OCc3ccccc3)cc2)C1=O. The molecule has 1 saturated heterocycles. The Bertz CT molecular complexity index is 940. The van der Waals surface area contributed by atoms with Crippen molar-refractivity contribution in [1.29, 1.82) is 0 Å². The second kappa shape index (κ2) is 10.1. The molecule has 30 heavy (non-hydrogen) atoms. The molecule has 1 aliphatic heterocycles. The van der Waals surface area contributed by atoms with E-state index in [4.69, 9.17) is 9.47 Å². The fourth-order valence-corrected chi connectivity index (χ4v) is 3.50. The number of imide groups is 1. The Labute approximate surface area is 179 Å². The lowest BCUT2D eigenvalue weighted by molar-refractivity contribution is -0.150. The average molecular weight is 426 g/mol. The van der Waals surface area contributed by atoms with Crippen molar-refractivity contribution < 1.29 is 23.9 Å². The highest BCUT2D eigenvalue weighted by Gasteiger charge is 2.36. The minimum atomic E-state index is -0.590. The molecule has 1 atom stereocenters. The second-order valence-corrected chi connectivity index (χ2v) is 7.81. The first kappa shape index (κ1) is 21.6. The molecule has 0 N–H and O–H groups in total. The van der Waals surface area contributed by atoms with Gasteiger partial charge in [-0.2, -0.15) is 0 Å². The number of amides is 2. The summed E-state index contributed by atoms with van der Waals surface area (Å²) in [6.45, 7) is 3.74. The molecule has 1 heterocycles. The van der Waals surface area contributed by atoms with Gasteiger partial charge in [-0.1, -0.05) is 49.4 Å². The van der Waals surface area contributed by atoms with Crippen LogP contribution in [0.1, 0.15) is 31.4 Å². The lowest BCUT2D eigenvalue weighted by Crippen LogP contribution is -2.35. The Morgan fingerprint density at radius 1 is 1.10 bits per heavy atom. The maximum atomic E-state index is 12.5. The Morgan fingerprint density at radius 2 is 1.80 bits per heavy atom. The van der Waals surface area contributed by atoms with Gasteiger partial charge in [-0.25, -0.2) is 0 Å². The van der Waals surface area contributed by atoms with Crippen LogP contribution in [0.2, 0.25) is 0 Å². The van der Waals surface area contributed by atoms with Crippen LogP contribution in [0, 0.1) is 0 Å². The zero-order valence-electron chi connectivity index (χ0n) is 16.9. The van der Waals surface area contributed by atoms with Crippen LogP contribution in [-0.2, 0) is 20.9 Å². The number of carbonyl (C=O) groups excluding carboxylic acids is 3. The number of carbonyl (C=O) groups is 3. The van der Waals surface area contributed by atoms with Crippen molar-refractivity contribution in [3.63, 3.8) is 0 Å². The summed E-state index contributed by atoms with van der Waals surface area (Å²) in [5.74, 6) is -0.375. The molecule has 3 rings (SSSR count). The van der Waals surface area contributed by atoms with E-state index in [1.54, 1.807) is 13.0 Å². The summed E-state index contributed by atoms with van der Waals surface area (Å²) in [7, 11) is 0. The molecule has 2 amide bonds. The molecule has 2 aromatic carbocycles. The molecule has 0 saturated carbocycles. The zero-order chi connectivity index (χ0) is 21.5. The van der Waals surface area contributed by atoms with Crippen molar-refractivity contribution in [3.05, 3.63) is 70.6 Å². The standard InChI is InChI=1S/C23H23NO5S/c1-3-16(2)29-21(25)14-24-22(26)20(30-23(24)27)13-17-9-11-19(12-10-17)28-15-18-7-5-4-6-8-18/h4-13,16H,3,14-15H2,1-2H3/b20-13+/t16-/m0/s1. The van der Waals surface area contributed by atoms with Crippen LogP contribution in [-0.4, -0.2) is 34.7 Å². The van der Waals surface area contributed by atoms with Crippen LogP contribution in [0.5, 0.6) is 5.75 Å². The molecule has 0 bridgehead atoms. The molecule has 1 fully saturated rings. The maximum Gasteiger partial charge on any atom is 0.326 e. The number of benzene rings is 2. The number of thioether (sulfide) groups is 1. The van der Waals surface area contributed by atoms with Crippen LogP contribution in [0.15, 0.2) is 59.5 Å².